The Labute approximate surface area is 186 Å². The third kappa shape index (κ3) is 5.95. The fraction of sp³-hybridized carbons (Fsp3) is 0.381. The Morgan fingerprint density at radius 2 is 2.03 bits per heavy atom. The van der Waals surface area contributed by atoms with Crippen molar-refractivity contribution in [2.45, 2.75) is 25.9 Å². The minimum atomic E-state index is -3.10. The molecular formula is C21H24ClN3O5S. The zero-order chi connectivity index (χ0) is 22.6. The molecule has 1 aliphatic heterocycles. The van der Waals surface area contributed by atoms with Crippen LogP contribution in [0.25, 0.3) is 6.08 Å². The average molecular weight is 466 g/mol. The van der Waals surface area contributed by atoms with E-state index < -0.39 is 28.3 Å². The van der Waals surface area contributed by atoms with E-state index in [1.54, 1.807) is 11.6 Å². The van der Waals surface area contributed by atoms with E-state index in [1.807, 2.05) is 30.3 Å². The van der Waals surface area contributed by atoms with E-state index >= 15 is 0 Å². The average Bonchev–Trinajstić information content (AvgIpc) is 3.23. The van der Waals surface area contributed by atoms with Gasteiger partial charge in [0.15, 0.2) is 16.4 Å². The molecule has 0 spiro atoms. The number of aromatic nitrogens is 2. The van der Waals surface area contributed by atoms with Crippen molar-refractivity contribution in [1.29, 1.82) is 0 Å². The number of hydrogen-bond donors (Lipinski definition) is 0. The summed E-state index contributed by atoms with van der Waals surface area (Å²) in [5.74, 6) is -1.15. The Morgan fingerprint density at radius 1 is 1.32 bits per heavy atom. The van der Waals surface area contributed by atoms with Crippen LogP contribution < -0.4 is 0 Å². The largest absolute Gasteiger partial charge is 0.452 e. The van der Waals surface area contributed by atoms with E-state index in [-0.39, 0.29) is 17.5 Å². The third-order valence-corrected chi connectivity index (χ3v) is 7.31. The molecule has 31 heavy (non-hydrogen) atoms. The Hall–Kier alpha value is -2.65. The van der Waals surface area contributed by atoms with Crippen LogP contribution >= 0.6 is 11.6 Å². The summed E-state index contributed by atoms with van der Waals surface area (Å²) in [6.07, 6.45) is 3.09. The molecular weight excluding hydrogens is 442 g/mol. The molecule has 0 N–H and O–H groups in total. The molecule has 1 saturated heterocycles. The lowest BCUT2D eigenvalue weighted by Crippen LogP contribution is -2.40. The molecule has 166 valence electrons. The number of sulfone groups is 1. The highest BCUT2D eigenvalue weighted by Gasteiger charge is 2.32. The van der Waals surface area contributed by atoms with E-state index in [2.05, 4.69) is 5.10 Å². The van der Waals surface area contributed by atoms with Gasteiger partial charge in [-0.25, -0.2) is 17.9 Å². The van der Waals surface area contributed by atoms with Crippen LogP contribution in [0.15, 0.2) is 36.4 Å². The van der Waals surface area contributed by atoms with E-state index in [9.17, 15) is 18.0 Å². The lowest BCUT2D eigenvalue weighted by molar-refractivity contribution is -0.148. The number of rotatable bonds is 7. The van der Waals surface area contributed by atoms with Gasteiger partial charge in [-0.15, -0.1) is 0 Å². The van der Waals surface area contributed by atoms with Crippen LogP contribution in [-0.2, 0) is 30.7 Å². The smallest absolute Gasteiger partial charge is 0.331 e. The molecule has 0 radical (unpaired) electrons. The van der Waals surface area contributed by atoms with Gasteiger partial charge in [0.1, 0.15) is 5.15 Å². The molecule has 10 heteroatoms. The molecule has 2 heterocycles. The predicted octanol–water partition coefficient (Wildman–Crippen LogP) is 2.10. The number of halogens is 1. The van der Waals surface area contributed by atoms with Gasteiger partial charge in [-0.2, -0.15) is 5.10 Å². The Morgan fingerprint density at radius 3 is 2.68 bits per heavy atom. The van der Waals surface area contributed by atoms with Gasteiger partial charge >= 0.3 is 5.97 Å². The number of nitrogens with zero attached hydrogens (tertiary/aromatic N) is 3. The Balaban J connectivity index is 1.56. The van der Waals surface area contributed by atoms with Crippen molar-refractivity contribution in [3.8, 4) is 0 Å². The summed E-state index contributed by atoms with van der Waals surface area (Å²) in [4.78, 5) is 25.6. The molecule has 3 rings (SSSR count). The predicted molar refractivity (Wildman–Crippen MR) is 117 cm³/mol. The molecule has 0 aliphatic carbocycles. The summed E-state index contributed by atoms with van der Waals surface area (Å²) in [7, 11) is -1.59. The van der Waals surface area contributed by atoms with Crippen molar-refractivity contribution in [3.05, 3.63) is 58.4 Å². The minimum absolute atomic E-state index is 0.0617. The zero-order valence-corrected chi connectivity index (χ0v) is 18.9. The maximum atomic E-state index is 12.2. The number of aryl methyl sites for hydroxylation is 1. The molecule has 1 aromatic carbocycles. The van der Waals surface area contributed by atoms with Crippen molar-refractivity contribution in [3.63, 3.8) is 0 Å². The van der Waals surface area contributed by atoms with Gasteiger partial charge in [-0.3, -0.25) is 4.79 Å². The van der Waals surface area contributed by atoms with Crippen molar-refractivity contribution in [1.82, 2.24) is 14.7 Å². The Kier molecular flexibility index (Phi) is 7.17. The highest BCUT2D eigenvalue weighted by Crippen LogP contribution is 2.22. The highest BCUT2D eigenvalue weighted by molar-refractivity contribution is 7.91. The van der Waals surface area contributed by atoms with Crippen LogP contribution in [0.5, 0.6) is 0 Å². The molecule has 8 nitrogen and oxygen atoms in total. The standard InChI is InChI=1S/C21H24ClN3O5S/c1-15-18(21(22)25(23-15)12-16-6-4-3-5-7-16)8-9-20(27)30-13-19(26)24(2)17-10-11-31(28,29)14-17/h3-9,17H,10-14H2,1-2H3/b9-8+/t17-/m0/s1. The maximum Gasteiger partial charge on any atom is 0.331 e. The quantitative estimate of drug-likeness (QED) is 0.458. The first-order valence-corrected chi connectivity index (χ1v) is 11.9. The maximum absolute atomic E-state index is 12.2. The fourth-order valence-electron chi connectivity index (χ4n) is 3.34. The van der Waals surface area contributed by atoms with E-state index in [1.165, 1.54) is 24.1 Å². The molecule has 1 atom stereocenters. The monoisotopic (exact) mass is 465 g/mol. The van der Waals surface area contributed by atoms with Gasteiger partial charge in [0.05, 0.1) is 23.7 Å². The Bertz CT molecular complexity index is 1100. The number of hydrogen-bond acceptors (Lipinski definition) is 6. The number of benzene rings is 1. The van der Waals surface area contributed by atoms with Crippen LogP contribution in [0.4, 0.5) is 0 Å². The van der Waals surface area contributed by atoms with Gasteiger partial charge < -0.3 is 9.64 Å². The molecule has 0 unspecified atom stereocenters. The molecule has 0 bridgehead atoms. The SMILES string of the molecule is Cc1nn(Cc2ccccc2)c(Cl)c1/C=C/C(=O)OCC(=O)N(C)[C@H]1CCS(=O)(=O)C1. The minimum Gasteiger partial charge on any atom is -0.452 e. The van der Waals surface area contributed by atoms with Gasteiger partial charge in [-0.1, -0.05) is 41.9 Å². The fourth-order valence-corrected chi connectivity index (χ4v) is 5.41. The topological polar surface area (TPSA) is 98.6 Å². The number of ether oxygens (including phenoxy) is 1. The summed E-state index contributed by atoms with van der Waals surface area (Å²) in [5.41, 5.74) is 2.29. The summed E-state index contributed by atoms with van der Waals surface area (Å²) < 4.78 is 29.8. The molecule has 1 fully saturated rings. The van der Waals surface area contributed by atoms with E-state index in [0.29, 0.717) is 29.4 Å². The lowest BCUT2D eigenvalue weighted by atomic mass is 10.2. The molecule has 0 saturated carbocycles. The number of amides is 1. The van der Waals surface area contributed by atoms with E-state index in [0.717, 1.165) is 5.56 Å². The van der Waals surface area contributed by atoms with Gasteiger partial charge in [0.2, 0.25) is 0 Å². The molecule has 1 aromatic heterocycles. The number of likely N-dealkylation sites (N-methyl/N-ethyl adjacent to an activating group) is 1. The number of carbonyl (C=O) groups excluding carboxylic acids is 2. The van der Waals surface area contributed by atoms with Gasteiger partial charge in [0, 0.05) is 24.7 Å². The summed E-state index contributed by atoms with van der Waals surface area (Å²) in [6, 6.07) is 9.34. The van der Waals surface area contributed by atoms with Crippen molar-refractivity contribution in [2.24, 2.45) is 0 Å². The first-order chi connectivity index (χ1) is 14.7. The summed E-state index contributed by atoms with van der Waals surface area (Å²) >= 11 is 6.42. The van der Waals surface area contributed by atoms with Crippen molar-refractivity contribution < 1.29 is 22.7 Å². The first-order valence-electron chi connectivity index (χ1n) is 9.74. The molecule has 1 amide bonds. The van der Waals surface area contributed by atoms with Crippen LogP contribution in [0.3, 0.4) is 0 Å². The summed E-state index contributed by atoms with van der Waals surface area (Å²) in [6.45, 7) is 1.82. The van der Waals surface area contributed by atoms with Crippen LogP contribution in [-0.4, -0.2) is 66.2 Å². The summed E-state index contributed by atoms with van der Waals surface area (Å²) in [5, 5.41) is 4.80. The second-order valence-corrected chi connectivity index (χ2v) is 10.0. The second-order valence-electron chi connectivity index (χ2n) is 7.44. The van der Waals surface area contributed by atoms with Gasteiger partial charge in [-0.05, 0) is 25.0 Å². The lowest BCUT2D eigenvalue weighted by Gasteiger charge is -2.22. The second kappa shape index (κ2) is 9.65. The first kappa shape index (κ1) is 23.0. The van der Waals surface area contributed by atoms with E-state index in [4.69, 9.17) is 16.3 Å². The van der Waals surface area contributed by atoms with Crippen LogP contribution in [0, 0.1) is 6.92 Å². The van der Waals surface area contributed by atoms with Crippen molar-refractivity contribution in [2.75, 3.05) is 25.2 Å². The number of esters is 1. The zero-order valence-electron chi connectivity index (χ0n) is 17.3. The van der Waals surface area contributed by atoms with Crippen molar-refractivity contribution >= 4 is 39.4 Å². The van der Waals surface area contributed by atoms with Gasteiger partial charge in [0.25, 0.3) is 5.91 Å². The highest BCUT2D eigenvalue weighted by atomic mass is 35.5. The number of carbonyl (C=O) groups is 2. The van der Waals surface area contributed by atoms with Crippen LogP contribution in [0.1, 0.15) is 23.2 Å². The molecule has 1 aliphatic rings. The molecule has 2 aromatic rings. The third-order valence-electron chi connectivity index (χ3n) is 5.16. The van der Waals surface area contributed by atoms with Crippen LogP contribution in [0.2, 0.25) is 5.15 Å². The normalized spacial score (nSPS) is 17.7.